The molecule has 1 amide bonds. The summed E-state index contributed by atoms with van der Waals surface area (Å²) in [5.74, 6) is 0.261. The van der Waals surface area contributed by atoms with E-state index in [4.69, 9.17) is 14.5 Å². The molecule has 8 heteroatoms. The third kappa shape index (κ3) is 4.61. The van der Waals surface area contributed by atoms with Crippen LogP contribution in [0.15, 0.2) is 72.8 Å². The predicted octanol–water partition coefficient (Wildman–Crippen LogP) is 4.90. The van der Waals surface area contributed by atoms with Gasteiger partial charge in [0.2, 0.25) is 0 Å². The van der Waals surface area contributed by atoms with E-state index in [0.717, 1.165) is 27.8 Å². The highest BCUT2D eigenvalue weighted by molar-refractivity contribution is 6.05. The van der Waals surface area contributed by atoms with Crippen molar-refractivity contribution < 1.29 is 19.1 Å². The maximum Gasteiger partial charge on any atom is 0.339 e. The molecule has 0 atom stereocenters. The van der Waals surface area contributed by atoms with Crippen molar-refractivity contribution in [1.29, 1.82) is 0 Å². The molecule has 0 unspecified atom stereocenters. The van der Waals surface area contributed by atoms with Crippen LogP contribution >= 0.6 is 0 Å². The Labute approximate surface area is 207 Å². The van der Waals surface area contributed by atoms with E-state index in [1.165, 1.54) is 0 Å². The fraction of sp³-hybridized carbons (Fsp3) is 0.143. The van der Waals surface area contributed by atoms with Gasteiger partial charge in [0.25, 0.3) is 5.91 Å². The van der Waals surface area contributed by atoms with Crippen molar-refractivity contribution in [2.24, 2.45) is 7.05 Å². The first-order valence-electron chi connectivity index (χ1n) is 11.4. The first-order valence-corrected chi connectivity index (χ1v) is 11.4. The number of fused-ring (bicyclic) bond motifs is 2. The van der Waals surface area contributed by atoms with Gasteiger partial charge in [-0.25, -0.2) is 9.78 Å². The lowest BCUT2D eigenvalue weighted by molar-refractivity contribution is -0.119. The normalized spacial score (nSPS) is 11.0. The smallest absolute Gasteiger partial charge is 0.339 e. The van der Waals surface area contributed by atoms with Crippen LogP contribution in [-0.2, 0) is 16.6 Å². The fourth-order valence-corrected chi connectivity index (χ4v) is 4.12. The molecule has 0 aliphatic heterocycles. The summed E-state index contributed by atoms with van der Waals surface area (Å²) < 4.78 is 12.2. The highest BCUT2D eigenvalue weighted by Gasteiger charge is 2.17. The molecular formula is C28H24N4O4. The molecular weight excluding hydrogens is 456 g/mol. The zero-order chi connectivity index (χ0) is 25.2. The Bertz CT molecular complexity index is 1620. The van der Waals surface area contributed by atoms with E-state index in [1.807, 2.05) is 67.6 Å². The minimum Gasteiger partial charge on any atom is -0.497 e. The number of aryl methyl sites for hydroxylation is 2. The van der Waals surface area contributed by atoms with Crippen LogP contribution in [0.3, 0.4) is 0 Å². The van der Waals surface area contributed by atoms with Crippen LogP contribution < -0.4 is 10.1 Å². The quantitative estimate of drug-likeness (QED) is 0.347. The molecule has 1 N–H and O–H groups in total. The van der Waals surface area contributed by atoms with E-state index in [2.05, 4.69) is 10.4 Å². The number of amides is 1. The summed E-state index contributed by atoms with van der Waals surface area (Å²) in [5.41, 5.74) is 3.26. The number of ether oxygens (including phenoxy) is 2. The molecule has 8 nitrogen and oxygen atoms in total. The number of methoxy groups -OCH3 is 1. The standard InChI is InChI=1S/C28H24N4O4/c1-17-12-26(32(2)31-17)30-27(33)16-36-28(34)23-15-25(29-24-7-5-4-6-22(23)24)20-9-8-19-14-21(35-3)11-10-18(19)13-20/h4-15H,16H2,1-3H3,(H,30,33). The average Bonchev–Trinajstić information content (AvgIpc) is 3.21. The van der Waals surface area contributed by atoms with Gasteiger partial charge in [-0.05, 0) is 48.0 Å². The van der Waals surface area contributed by atoms with E-state index in [0.29, 0.717) is 28.0 Å². The average molecular weight is 481 g/mol. The second-order valence-corrected chi connectivity index (χ2v) is 8.42. The number of nitrogens with one attached hydrogen (secondary N) is 1. The zero-order valence-corrected chi connectivity index (χ0v) is 20.1. The molecule has 36 heavy (non-hydrogen) atoms. The number of rotatable bonds is 6. The summed E-state index contributed by atoms with van der Waals surface area (Å²) in [4.78, 5) is 30.2. The second-order valence-electron chi connectivity index (χ2n) is 8.42. The van der Waals surface area contributed by atoms with E-state index < -0.39 is 18.5 Å². The van der Waals surface area contributed by atoms with Crippen molar-refractivity contribution in [3.63, 3.8) is 0 Å². The first-order chi connectivity index (χ1) is 17.4. The topological polar surface area (TPSA) is 95.3 Å². The number of carbonyl (C=O) groups is 2. The largest absolute Gasteiger partial charge is 0.497 e. The summed E-state index contributed by atoms with van der Waals surface area (Å²) in [6, 6.07) is 22.6. The van der Waals surface area contributed by atoms with E-state index >= 15 is 0 Å². The molecule has 180 valence electrons. The third-order valence-electron chi connectivity index (χ3n) is 5.88. The first kappa shape index (κ1) is 23.0. The summed E-state index contributed by atoms with van der Waals surface area (Å²) in [7, 11) is 3.36. The molecule has 0 aliphatic carbocycles. The Morgan fingerprint density at radius 3 is 2.53 bits per heavy atom. The molecule has 5 rings (SSSR count). The summed E-state index contributed by atoms with van der Waals surface area (Å²) in [6.07, 6.45) is 0. The van der Waals surface area contributed by atoms with E-state index in [1.54, 1.807) is 31.0 Å². The molecule has 0 radical (unpaired) electrons. The zero-order valence-electron chi connectivity index (χ0n) is 20.1. The van der Waals surface area contributed by atoms with Gasteiger partial charge in [0, 0.05) is 24.1 Å². The number of carbonyl (C=O) groups excluding carboxylic acids is 2. The Kier molecular flexibility index (Phi) is 6.08. The maximum atomic E-state index is 13.1. The Balaban J connectivity index is 1.43. The molecule has 0 aliphatic rings. The molecule has 0 bridgehead atoms. The van der Waals surface area contributed by atoms with Gasteiger partial charge < -0.3 is 14.8 Å². The molecule has 3 aromatic carbocycles. The van der Waals surface area contributed by atoms with Crippen LogP contribution in [-0.4, -0.2) is 40.4 Å². The summed E-state index contributed by atoms with van der Waals surface area (Å²) >= 11 is 0. The highest BCUT2D eigenvalue weighted by Crippen LogP contribution is 2.29. The lowest BCUT2D eigenvalue weighted by Gasteiger charge is -2.11. The number of hydrogen-bond donors (Lipinski definition) is 1. The molecule has 0 saturated heterocycles. The molecule has 0 spiro atoms. The monoisotopic (exact) mass is 480 g/mol. The Morgan fingerprint density at radius 1 is 0.972 bits per heavy atom. The lowest BCUT2D eigenvalue weighted by Crippen LogP contribution is -2.22. The van der Waals surface area contributed by atoms with Gasteiger partial charge in [-0.3, -0.25) is 9.48 Å². The fourth-order valence-electron chi connectivity index (χ4n) is 4.12. The SMILES string of the molecule is COc1ccc2cc(-c3cc(C(=O)OCC(=O)Nc4cc(C)nn4C)c4ccccc4n3)ccc2c1. The number of anilines is 1. The predicted molar refractivity (Wildman–Crippen MR) is 138 cm³/mol. The second kappa shape index (κ2) is 9.50. The van der Waals surface area contributed by atoms with Crippen LogP contribution in [0.1, 0.15) is 16.1 Å². The van der Waals surface area contributed by atoms with Gasteiger partial charge in [0.15, 0.2) is 6.61 Å². The van der Waals surface area contributed by atoms with Crippen LogP contribution in [0.5, 0.6) is 5.75 Å². The molecule has 2 aromatic heterocycles. The highest BCUT2D eigenvalue weighted by atomic mass is 16.5. The maximum absolute atomic E-state index is 13.1. The third-order valence-corrected chi connectivity index (χ3v) is 5.88. The van der Waals surface area contributed by atoms with Gasteiger partial charge in [0.05, 0.1) is 29.6 Å². The van der Waals surface area contributed by atoms with Crippen molar-refractivity contribution in [2.75, 3.05) is 19.0 Å². The number of hydrogen-bond acceptors (Lipinski definition) is 6. The Hall–Kier alpha value is -4.72. The molecule has 5 aromatic rings. The van der Waals surface area contributed by atoms with Crippen LogP contribution in [0.4, 0.5) is 5.82 Å². The Morgan fingerprint density at radius 2 is 1.75 bits per heavy atom. The van der Waals surface area contributed by atoms with Gasteiger partial charge in [-0.1, -0.05) is 36.4 Å². The van der Waals surface area contributed by atoms with Crippen LogP contribution in [0.25, 0.3) is 32.9 Å². The van der Waals surface area contributed by atoms with Crippen molar-refractivity contribution in [3.05, 3.63) is 84.1 Å². The van der Waals surface area contributed by atoms with E-state index in [-0.39, 0.29) is 0 Å². The number of para-hydroxylation sites is 1. The van der Waals surface area contributed by atoms with Crippen LogP contribution in [0.2, 0.25) is 0 Å². The molecule has 2 heterocycles. The number of benzene rings is 3. The lowest BCUT2D eigenvalue weighted by atomic mass is 10.0. The summed E-state index contributed by atoms with van der Waals surface area (Å²) in [6.45, 7) is 1.40. The van der Waals surface area contributed by atoms with Gasteiger partial charge >= 0.3 is 5.97 Å². The van der Waals surface area contributed by atoms with Crippen molar-refractivity contribution >= 4 is 39.4 Å². The number of pyridine rings is 1. The minimum absolute atomic E-state index is 0.342. The van der Waals surface area contributed by atoms with Crippen molar-refractivity contribution in [1.82, 2.24) is 14.8 Å². The van der Waals surface area contributed by atoms with Crippen molar-refractivity contribution in [3.8, 4) is 17.0 Å². The van der Waals surface area contributed by atoms with Gasteiger partial charge in [0.1, 0.15) is 11.6 Å². The number of aromatic nitrogens is 3. The summed E-state index contributed by atoms with van der Waals surface area (Å²) in [5, 5.41) is 9.60. The number of nitrogens with zero attached hydrogens (tertiary/aromatic N) is 3. The van der Waals surface area contributed by atoms with Gasteiger partial charge in [-0.2, -0.15) is 5.10 Å². The molecule has 0 fully saturated rings. The number of esters is 1. The van der Waals surface area contributed by atoms with Gasteiger partial charge in [-0.15, -0.1) is 0 Å². The minimum atomic E-state index is -0.600. The van der Waals surface area contributed by atoms with Crippen molar-refractivity contribution in [2.45, 2.75) is 6.92 Å². The molecule has 0 saturated carbocycles. The van der Waals surface area contributed by atoms with Crippen LogP contribution in [0, 0.1) is 6.92 Å². The van der Waals surface area contributed by atoms with E-state index in [9.17, 15) is 9.59 Å².